The number of carbonyl (C=O) groups is 1. The number of carbonyl (C=O) groups excluding carboxylic acids is 1. The van der Waals surface area contributed by atoms with E-state index in [1.54, 1.807) is 0 Å². The first-order valence-corrected chi connectivity index (χ1v) is 4.81. The summed E-state index contributed by atoms with van der Waals surface area (Å²) in [4.78, 5) is 11.2. The molecule has 6 heteroatoms. The summed E-state index contributed by atoms with van der Waals surface area (Å²) in [5.74, 6) is -1.33. The molecule has 15 heavy (non-hydrogen) atoms. The Morgan fingerprint density at radius 1 is 1.47 bits per heavy atom. The van der Waals surface area contributed by atoms with E-state index >= 15 is 0 Å². The van der Waals surface area contributed by atoms with Crippen LogP contribution < -0.4 is 5.32 Å². The average Bonchev–Trinajstić information content (AvgIpc) is 2.18. The molecular weight excluding hydrogens is 275 g/mol. The third-order valence-corrected chi connectivity index (χ3v) is 2.24. The third kappa shape index (κ3) is 3.54. The van der Waals surface area contributed by atoms with Crippen LogP contribution >= 0.6 is 15.9 Å². The van der Waals surface area contributed by atoms with Gasteiger partial charge in [0.05, 0.1) is 11.0 Å². The molecule has 0 radical (unpaired) electrons. The van der Waals surface area contributed by atoms with E-state index in [-0.39, 0.29) is 10.0 Å². The second kappa shape index (κ2) is 5.16. The van der Waals surface area contributed by atoms with Crippen LogP contribution in [0.1, 0.15) is 10.4 Å². The van der Waals surface area contributed by atoms with Crippen LogP contribution in [0.4, 0.5) is 13.2 Å². The summed E-state index contributed by atoms with van der Waals surface area (Å²) in [6.07, 6.45) is -2.62. The second-order valence-electron chi connectivity index (χ2n) is 2.73. The van der Waals surface area contributed by atoms with E-state index in [4.69, 9.17) is 0 Å². The van der Waals surface area contributed by atoms with Gasteiger partial charge in [0.15, 0.2) is 0 Å². The van der Waals surface area contributed by atoms with Gasteiger partial charge in [-0.25, -0.2) is 13.2 Å². The van der Waals surface area contributed by atoms with Crippen molar-refractivity contribution < 1.29 is 18.0 Å². The molecule has 0 saturated carbocycles. The zero-order valence-electron chi connectivity index (χ0n) is 7.44. The summed E-state index contributed by atoms with van der Waals surface area (Å²) in [6, 6.07) is 3.66. The fourth-order valence-electron chi connectivity index (χ4n) is 0.909. The predicted octanol–water partition coefficient (Wildman–Crippen LogP) is 2.58. The van der Waals surface area contributed by atoms with Crippen LogP contribution in [0.25, 0.3) is 0 Å². The maximum absolute atomic E-state index is 13.0. The minimum absolute atomic E-state index is 0.0105. The molecule has 0 aromatic heterocycles. The van der Waals surface area contributed by atoms with Crippen molar-refractivity contribution in [2.45, 2.75) is 6.43 Å². The van der Waals surface area contributed by atoms with Gasteiger partial charge in [0.2, 0.25) is 0 Å². The molecule has 1 aromatic rings. The van der Waals surface area contributed by atoms with Crippen LogP contribution in [0.15, 0.2) is 22.7 Å². The molecule has 0 bridgehead atoms. The van der Waals surface area contributed by atoms with Gasteiger partial charge in [0.25, 0.3) is 12.3 Å². The summed E-state index contributed by atoms with van der Waals surface area (Å²) in [6.45, 7) is -0.740. The van der Waals surface area contributed by atoms with Crippen molar-refractivity contribution in [2.24, 2.45) is 0 Å². The molecule has 1 N–H and O–H groups in total. The molecule has 82 valence electrons. The van der Waals surface area contributed by atoms with E-state index in [9.17, 15) is 18.0 Å². The largest absolute Gasteiger partial charge is 0.346 e. The monoisotopic (exact) mass is 281 g/mol. The molecule has 1 aromatic carbocycles. The summed E-state index contributed by atoms with van der Waals surface area (Å²) < 4.78 is 36.7. The molecule has 0 heterocycles. The lowest BCUT2D eigenvalue weighted by atomic mass is 10.2. The topological polar surface area (TPSA) is 29.1 Å². The number of alkyl halides is 2. The number of rotatable bonds is 3. The van der Waals surface area contributed by atoms with Gasteiger partial charge in [0, 0.05) is 5.56 Å². The first-order valence-electron chi connectivity index (χ1n) is 4.02. The fourth-order valence-corrected chi connectivity index (χ4v) is 1.16. The number of halogens is 4. The molecule has 0 atom stereocenters. The lowest BCUT2D eigenvalue weighted by Crippen LogP contribution is -2.28. The number of amides is 1. The van der Waals surface area contributed by atoms with Gasteiger partial charge in [-0.1, -0.05) is 0 Å². The Morgan fingerprint density at radius 2 is 2.13 bits per heavy atom. The average molecular weight is 282 g/mol. The van der Waals surface area contributed by atoms with Crippen LogP contribution in [0.5, 0.6) is 0 Å². The highest BCUT2D eigenvalue weighted by molar-refractivity contribution is 9.10. The summed E-state index contributed by atoms with van der Waals surface area (Å²) in [7, 11) is 0. The van der Waals surface area contributed by atoms with Crippen molar-refractivity contribution in [3.8, 4) is 0 Å². The van der Waals surface area contributed by atoms with E-state index in [0.29, 0.717) is 0 Å². The van der Waals surface area contributed by atoms with Gasteiger partial charge in [-0.2, -0.15) is 0 Å². The smallest absolute Gasteiger partial charge is 0.255 e. The molecule has 1 rings (SSSR count). The summed E-state index contributed by atoms with van der Waals surface area (Å²) in [5.41, 5.74) is 0.0105. The fraction of sp³-hybridized carbons (Fsp3) is 0.222. The quantitative estimate of drug-likeness (QED) is 0.907. The van der Waals surface area contributed by atoms with Crippen molar-refractivity contribution in [2.75, 3.05) is 6.54 Å². The van der Waals surface area contributed by atoms with Crippen LogP contribution in [-0.2, 0) is 0 Å². The zero-order chi connectivity index (χ0) is 11.4. The van der Waals surface area contributed by atoms with Gasteiger partial charge < -0.3 is 5.32 Å². The number of hydrogen-bond donors (Lipinski definition) is 1. The van der Waals surface area contributed by atoms with E-state index in [0.717, 1.165) is 6.07 Å². The highest BCUT2D eigenvalue weighted by Gasteiger charge is 2.10. The number of hydrogen-bond acceptors (Lipinski definition) is 1. The lowest BCUT2D eigenvalue weighted by molar-refractivity contribution is 0.0891. The molecule has 2 nitrogen and oxygen atoms in total. The molecule has 0 aliphatic heterocycles. The van der Waals surface area contributed by atoms with Gasteiger partial charge in [-0.3, -0.25) is 4.79 Å². The SMILES string of the molecule is O=C(NCC(F)F)c1ccc(Br)c(F)c1. The van der Waals surface area contributed by atoms with Gasteiger partial charge in [-0.15, -0.1) is 0 Å². The molecule has 1 amide bonds. The Balaban J connectivity index is 2.70. The Bertz CT molecular complexity index is 370. The maximum Gasteiger partial charge on any atom is 0.255 e. The van der Waals surface area contributed by atoms with Crippen molar-refractivity contribution in [3.05, 3.63) is 34.1 Å². The first-order chi connectivity index (χ1) is 7.00. The first kappa shape index (κ1) is 12.0. The van der Waals surface area contributed by atoms with E-state index < -0.39 is 24.7 Å². The van der Waals surface area contributed by atoms with E-state index in [1.165, 1.54) is 12.1 Å². The second-order valence-corrected chi connectivity index (χ2v) is 3.58. The summed E-state index contributed by atoms with van der Waals surface area (Å²) in [5, 5.41) is 1.97. The lowest BCUT2D eigenvalue weighted by Gasteiger charge is -2.04. The van der Waals surface area contributed by atoms with E-state index in [2.05, 4.69) is 15.9 Å². The summed E-state index contributed by atoms with van der Waals surface area (Å²) >= 11 is 2.91. The Morgan fingerprint density at radius 3 is 2.67 bits per heavy atom. The highest BCUT2D eigenvalue weighted by Crippen LogP contribution is 2.16. The minimum atomic E-state index is -2.62. The number of benzene rings is 1. The van der Waals surface area contributed by atoms with Crippen molar-refractivity contribution in [3.63, 3.8) is 0 Å². The molecule has 0 fully saturated rings. The Hall–Kier alpha value is -1.04. The van der Waals surface area contributed by atoms with Crippen molar-refractivity contribution in [1.29, 1.82) is 0 Å². The van der Waals surface area contributed by atoms with Crippen LogP contribution in [-0.4, -0.2) is 18.9 Å². The minimum Gasteiger partial charge on any atom is -0.346 e. The Labute approximate surface area is 92.6 Å². The maximum atomic E-state index is 13.0. The number of nitrogens with one attached hydrogen (secondary N) is 1. The van der Waals surface area contributed by atoms with Crippen LogP contribution in [0.2, 0.25) is 0 Å². The molecule has 0 aliphatic carbocycles. The standard InChI is InChI=1S/C9H7BrF3NO/c10-6-2-1-5(3-7(6)11)9(15)14-4-8(12)13/h1-3,8H,4H2,(H,14,15). The zero-order valence-corrected chi connectivity index (χ0v) is 9.02. The van der Waals surface area contributed by atoms with Crippen molar-refractivity contribution >= 4 is 21.8 Å². The molecule has 0 aliphatic rings. The van der Waals surface area contributed by atoms with Crippen LogP contribution in [0, 0.1) is 5.82 Å². The third-order valence-electron chi connectivity index (χ3n) is 1.60. The molecule has 0 saturated heterocycles. The van der Waals surface area contributed by atoms with Crippen LogP contribution in [0.3, 0.4) is 0 Å². The molecule has 0 unspecified atom stereocenters. The van der Waals surface area contributed by atoms with Gasteiger partial charge in [0.1, 0.15) is 5.82 Å². The van der Waals surface area contributed by atoms with E-state index in [1.807, 2.05) is 5.32 Å². The Kier molecular flexibility index (Phi) is 4.14. The van der Waals surface area contributed by atoms with Crippen molar-refractivity contribution in [1.82, 2.24) is 5.32 Å². The van der Waals surface area contributed by atoms with Gasteiger partial charge >= 0.3 is 0 Å². The normalized spacial score (nSPS) is 10.5. The highest BCUT2D eigenvalue weighted by atomic mass is 79.9. The molecule has 0 spiro atoms. The predicted molar refractivity (Wildman–Crippen MR) is 52.4 cm³/mol. The van der Waals surface area contributed by atoms with Gasteiger partial charge in [-0.05, 0) is 34.1 Å². The molecular formula is C9H7BrF3NO.